The average Bonchev–Trinajstić information content (AvgIpc) is 3.44. The highest BCUT2D eigenvalue weighted by Crippen LogP contribution is 2.41. The molecule has 4 rings (SSSR count). The summed E-state index contributed by atoms with van der Waals surface area (Å²) in [6.07, 6.45) is 3.85. The Balaban J connectivity index is 1.53. The Bertz CT molecular complexity index is 985. The van der Waals surface area contributed by atoms with E-state index in [2.05, 4.69) is 19.7 Å². The molecule has 2 aromatic heterocycles. The molecule has 1 saturated carbocycles. The number of aromatic nitrogens is 3. The van der Waals surface area contributed by atoms with Gasteiger partial charge in [-0.25, -0.2) is 0 Å². The number of nitrogens with one attached hydrogen (secondary N) is 1. The van der Waals surface area contributed by atoms with Gasteiger partial charge in [0.25, 0.3) is 11.1 Å². The summed E-state index contributed by atoms with van der Waals surface area (Å²) in [6, 6.07) is 8.85. The number of amides is 1. The Hall–Kier alpha value is -3.00. The summed E-state index contributed by atoms with van der Waals surface area (Å²) in [7, 11) is 1.56. The van der Waals surface area contributed by atoms with Crippen LogP contribution in [0.4, 0.5) is 0 Å². The third-order valence-electron chi connectivity index (χ3n) is 4.22. The monoisotopic (exact) mass is 382 g/mol. The molecule has 1 amide bonds. The SMILES string of the molecule is CNC(=O)c1cc(Oc2cccc(Oc3nc(C4CC4)ns3)c2C)ccn1. The summed E-state index contributed by atoms with van der Waals surface area (Å²) < 4.78 is 16.2. The first kappa shape index (κ1) is 17.4. The van der Waals surface area contributed by atoms with Gasteiger partial charge in [-0.1, -0.05) is 6.07 Å². The molecule has 1 fully saturated rings. The smallest absolute Gasteiger partial charge is 0.298 e. The van der Waals surface area contributed by atoms with E-state index in [9.17, 15) is 4.79 Å². The predicted molar refractivity (Wildman–Crippen MR) is 101 cm³/mol. The van der Waals surface area contributed by atoms with E-state index < -0.39 is 0 Å². The molecule has 7 nitrogen and oxygen atoms in total. The molecule has 27 heavy (non-hydrogen) atoms. The second-order valence-electron chi connectivity index (χ2n) is 6.23. The minimum atomic E-state index is -0.267. The predicted octanol–water partition coefficient (Wildman–Crippen LogP) is 4.06. The van der Waals surface area contributed by atoms with Crippen molar-refractivity contribution in [2.75, 3.05) is 7.05 Å². The van der Waals surface area contributed by atoms with Crippen LogP contribution in [0, 0.1) is 6.92 Å². The van der Waals surface area contributed by atoms with Crippen LogP contribution in [0.1, 0.15) is 40.6 Å². The molecule has 0 atom stereocenters. The Kier molecular flexibility index (Phi) is 4.72. The molecule has 0 radical (unpaired) electrons. The van der Waals surface area contributed by atoms with E-state index in [1.165, 1.54) is 17.7 Å². The molecule has 0 bridgehead atoms. The maximum Gasteiger partial charge on any atom is 0.298 e. The standard InChI is InChI=1S/C19H18N4O3S/c1-11-15(25-13-8-9-21-14(10-13)18(24)20-2)4-3-5-16(11)26-19-22-17(23-27-19)12-6-7-12/h3-5,8-10,12H,6-7H2,1-2H3,(H,20,24). The van der Waals surface area contributed by atoms with E-state index in [0.29, 0.717) is 34.1 Å². The number of hydrogen-bond donors (Lipinski definition) is 1. The van der Waals surface area contributed by atoms with Gasteiger partial charge in [0, 0.05) is 42.3 Å². The molecule has 8 heteroatoms. The highest BCUT2D eigenvalue weighted by atomic mass is 32.1. The number of hydrogen-bond acceptors (Lipinski definition) is 7. The minimum Gasteiger partial charge on any atom is -0.457 e. The quantitative estimate of drug-likeness (QED) is 0.692. The lowest BCUT2D eigenvalue weighted by Crippen LogP contribution is -2.18. The molecule has 2 heterocycles. The topological polar surface area (TPSA) is 86.2 Å². The summed E-state index contributed by atoms with van der Waals surface area (Å²) >= 11 is 1.26. The summed E-state index contributed by atoms with van der Waals surface area (Å²) in [5.41, 5.74) is 1.13. The number of nitrogens with zero attached hydrogens (tertiary/aromatic N) is 3. The number of pyridine rings is 1. The Morgan fingerprint density at radius 1 is 1.22 bits per heavy atom. The minimum absolute atomic E-state index is 0.267. The third kappa shape index (κ3) is 3.90. The zero-order valence-electron chi connectivity index (χ0n) is 14.9. The molecule has 1 N–H and O–H groups in total. The second kappa shape index (κ2) is 7.32. The molecule has 0 saturated heterocycles. The van der Waals surface area contributed by atoms with Crippen LogP contribution in [0.5, 0.6) is 22.4 Å². The number of carbonyl (C=O) groups excluding carboxylic acids is 1. The van der Waals surface area contributed by atoms with E-state index in [1.807, 2.05) is 25.1 Å². The fourth-order valence-electron chi connectivity index (χ4n) is 2.53. The van der Waals surface area contributed by atoms with Gasteiger partial charge in [-0.05, 0) is 38.0 Å². The van der Waals surface area contributed by atoms with Gasteiger partial charge < -0.3 is 14.8 Å². The van der Waals surface area contributed by atoms with Crippen molar-refractivity contribution in [2.45, 2.75) is 25.7 Å². The second-order valence-corrected chi connectivity index (χ2v) is 6.95. The lowest BCUT2D eigenvalue weighted by Gasteiger charge is -2.12. The number of carbonyl (C=O) groups is 1. The number of ether oxygens (including phenoxy) is 2. The van der Waals surface area contributed by atoms with Crippen LogP contribution in [-0.2, 0) is 0 Å². The Morgan fingerprint density at radius 2 is 2.00 bits per heavy atom. The first-order valence-corrected chi connectivity index (χ1v) is 9.38. The van der Waals surface area contributed by atoms with Gasteiger partial charge >= 0.3 is 0 Å². The molecule has 3 aromatic rings. The van der Waals surface area contributed by atoms with Crippen molar-refractivity contribution < 1.29 is 14.3 Å². The van der Waals surface area contributed by atoms with Crippen LogP contribution >= 0.6 is 11.5 Å². The lowest BCUT2D eigenvalue weighted by atomic mass is 10.2. The van der Waals surface area contributed by atoms with E-state index in [4.69, 9.17) is 9.47 Å². The molecule has 1 aliphatic rings. The van der Waals surface area contributed by atoms with Gasteiger partial charge in [0.05, 0.1) is 0 Å². The van der Waals surface area contributed by atoms with Crippen molar-refractivity contribution >= 4 is 17.4 Å². The van der Waals surface area contributed by atoms with Crippen LogP contribution in [0.3, 0.4) is 0 Å². The van der Waals surface area contributed by atoms with Crippen molar-refractivity contribution in [3.63, 3.8) is 0 Å². The van der Waals surface area contributed by atoms with Gasteiger partial charge in [-0.2, -0.15) is 9.36 Å². The fraction of sp³-hybridized carbons (Fsp3) is 0.263. The third-order valence-corrected chi connectivity index (χ3v) is 4.83. The van der Waals surface area contributed by atoms with Crippen molar-refractivity contribution in [3.8, 4) is 22.4 Å². The zero-order chi connectivity index (χ0) is 18.8. The van der Waals surface area contributed by atoms with Crippen molar-refractivity contribution in [1.29, 1.82) is 0 Å². The Morgan fingerprint density at radius 3 is 2.74 bits per heavy atom. The van der Waals surface area contributed by atoms with Crippen LogP contribution < -0.4 is 14.8 Å². The van der Waals surface area contributed by atoms with Crippen LogP contribution in [0.25, 0.3) is 0 Å². The summed E-state index contributed by atoms with van der Waals surface area (Å²) in [6.45, 7) is 1.91. The lowest BCUT2D eigenvalue weighted by molar-refractivity contribution is 0.0958. The van der Waals surface area contributed by atoms with Crippen LogP contribution in [-0.4, -0.2) is 27.3 Å². The Labute approximate surface area is 160 Å². The average molecular weight is 382 g/mol. The maximum absolute atomic E-state index is 11.7. The number of rotatable bonds is 6. The molecule has 0 unspecified atom stereocenters. The molecule has 138 valence electrons. The van der Waals surface area contributed by atoms with E-state index >= 15 is 0 Å². The maximum atomic E-state index is 11.7. The summed E-state index contributed by atoms with van der Waals surface area (Å²) in [5.74, 6) is 2.92. The van der Waals surface area contributed by atoms with E-state index in [1.54, 1.807) is 19.2 Å². The first-order chi connectivity index (χ1) is 13.1. The van der Waals surface area contributed by atoms with Crippen LogP contribution in [0.15, 0.2) is 36.5 Å². The van der Waals surface area contributed by atoms with Gasteiger partial charge in [0.15, 0.2) is 0 Å². The molecule has 0 spiro atoms. The van der Waals surface area contributed by atoms with Gasteiger partial charge in [-0.3, -0.25) is 9.78 Å². The summed E-state index contributed by atoms with van der Waals surface area (Å²) in [5, 5.41) is 3.08. The van der Waals surface area contributed by atoms with Gasteiger partial charge in [-0.15, -0.1) is 0 Å². The normalized spacial score (nSPS) is 13.3. The van der Waals surface area contributed by atoms with Gasteiger partial charge in [0.2, 0.25) is 0 Å². The zero-order valence-corrected chi connectivity index (χ0v) is 15.7. The molecule has 1 aromatic carbocycles. The van der Waals surface area contributed by atoms with E-state index in [-0.39, 0.29) is 5.91 Å². The molecular formula is C19H18N4O3S. The van der Waals surface area contributed by atoms with Crippen molar-refractivity contribution in [2.24, 2.45) is 0 Å². The summed E-state index contributed by atoms with van der Waals surface area (Å²) in [4.78, 5) is 20.2. The largest absolute Gasteiger partial charge is 0.457 e. The number of benzene rings is 1. The first-order valence-electron chi connectivity index (χ1n) is 8.61. The highest BCUT2D eigenvalue weighted by molar-refractivity contribution is 7.07. The molecular weight excluding hydrogens is 364 g/mol. The molecule has 0 aliphatic heterocycles. The van der Waals surface area contributed by atoms with Crippen molar-refractivity contribution in [1.82, 2.24) is 19.7 Å². The van der Waals surface area contributed by atoms with Crippen molar-refractivity contribution in [3.05, 3.63) is 53.6 Å². The highest BCUT2D eigenvalue weighted by Gasteiger charge is 2.28. The van der Waals surface area contributed by atoms with Gasteiger partial charge in [0.1, 0.15) is 28.8 Å². The van der Waals surface area contributed by atoms with Crippen LogP contribution in [0.2, 0.25) is 0 Å². The fourth-order valence-corrected chi connectivity index (χ4v) is 3.16. The molecule has 1 aliphatic carbocycles. The van der Waals surface area contributed by atoms with E-state index in [0.717, 1.165) is 24.2 Å².